The third kappa shape index (κ3) is 4.51. The molecule has 0 atom stereocenters. The summed E-state index contributed by atoms with van der Waals surface area (Å²) >= 11 is 0. The van der Waals surface area contributed by atoms with Crippen LogP contribution in [0.2, 0.25) is 0 Å². The molecule has 1 aromatic heterocycles. The van der Waals surface area contributed by atoms with Crippen LogP contribution in [0.25, 0.3) is 10.9 Å². The van der Waals surface area contributed by atoms with E-state index in [9.17, 15) is 9.59 Å². The van der Waals surface area contributed by atoms with Gasteiger partial charge in [0.2, 0.25) is 0 Å². The van der Waals surface area contributed by atoms with Crippen molar-refractivity contribution in [3.63, 3.8) is 0 Å². The largest absolute Gasteiger partial charge is 0.493 e. The summed E-state index contributed by atoms with van der Waals surface area (Å²) < 4.78 is 22.3. The number of hydrogen-bond donors (Lipinski definition) is 0. The second-order valence-electron chi connectivity index (χ2n) is 6.69. The molecule has 8 heteroatoms. The number of aromatic nitrogens is 2. The van der Waals surface area contributed by atoms with Crippen LogP contribution < -0.4 is 15.0 Å². The molecule has 0 spiro atoms. The highest BCUT2D eigenvalue weighted by Crippen LogP contribution is 2.30. The van der Waals surface area contributed by atoms with Gasteiger partial charge in [0, 0.05) is 13.2 Å². The molecular weight excluding hydrogens is 340 g/mol. The lowest BCUT2D eigenvalue weighted by Crippen LogP contribution is -2.28. The molecule has 26 heavy (non-hydrogen) atoms. The Kier molecular flexibility index (Phi) is 6.20. The Morgan fingerprint density at radius 1 is 1.15 bits per heavy atom. The number of carbonyl (C=O) groups excluding carboxylic acids is 1. The minimum atomic E-state index is -0.647. The molecule has 0 radical (unpaired) electrons. The van der Waals surface area contributed by atoms with Crippen molar-refractivity contribution in [2.45, 2.75) is 27.5 Å². The maximum absolute atomic E-state index is 12.6. The molecule has 0 unspecified atom stereocenters. The Hall–Kier alpha value is -2.61. The average molecular weight is 364 g/mol. The van der Waals surface area contributed by atoms with Gasteiger partial charge in [0.1, 0.15) is 12.9 Å². The predicted molar refractivity (Wildman–Crippen MR) is 95.5 cm³/mol. The number of carbonyl (C=O) groups is 1. The molecule has 2 rings (SSSR count). The van der Waals surface area contributed by atoms with Crippen LogP contribution in [0, 0.1) is 5.41 Å². The molecular formula is C18H24N2O6. The SMILES string of the molecule is COCCOc1cc2ncn(COC(=O)C(C)(C)C)c(=O)c2cc1OC. The molecule has 0 aliphatic heterocycles. The molecule has 0 aliphatic carbocycles. The molecule has 0 aliphatic rings. The van der Waals surface area contributed by atoms with Crippen molar-refractivity contribution in [1.29, 1.82) is 0 Å². The Labute approximate surface area is 151 Å². The predicted octanol–water partition coefficient (Wildman–Crippen LogP) is 1.98. The van der Waals surface area contributed by atoms with E-state index in [0.717, 1.165) is 0 Å². The average Bonchev–Trinajstić information content (AvgIpc) is 2.60. The molecule has 0 saturated carbocycles. The van der Waals surface area contributed by atoms with Crippen molar-refractivity contribution in [2.75, 3.05) is 27.4 Å². The summed E-state index contributed by atoms with van der Waals surface area (Å²) in [6, 6.07) is 3.20. The number of methoxy groups -OCH3 is 2. The van der Waals surface area contributed by atoms with Gasteiger partial charge >= 0.3 is 5.97 Å². The molecule has 1 aromatic carbocycles. The number of nitrogens with zero attached hydrogens (tertiary/aromatic N) is 2. The lowest BCUT2D eigenvalue weighted by molar-refractivity contribution is -0.157. The third-order valence-corrected chi connectivity index (χ3v) is 3.60. The van der Waals surface area contributed by atoms with E-state index in [4.69, 9.17) is 18.9 Å². The van der Waals surface area contributed by atoms with E-state index in [1.165, 1.54) is 18.0 Å². The number of fused-ring (bicyclic) bond motifs is 1. The van der Waals surface area contributed by atoms with Crippen molar-refractivity contribution in [3.8, 4) is 11.5 Å². The summed E-state index contributed by atoms with van der Waals surface area (Å²) in [7, 11) is 3.07. The van der Waals surface area contributed by atoms with Gasteiger partial charge in [-0.2, -0.15) is 0 Å². The van der Waals surface area contributed by atoms with Crippen molar-refractivity contribution < 1.29 is 23.7 Å². The zero-order valence-corrected chi connectivity index (χ0v) is 15.7. The highest BCUT2D eigenvalue weighted by atomic mass is 16.5. The van der Waals surface area contributed by atoms with E-state index in [0.29, 0.717) is 35.6 Å². The van der Waals surface area contributed by atoms with Gasteiger partial charge in [0.25, 0.3) is 5.56 Å². The molecule has 8 nitrogen and oxygen atoms in total. The molecule has 2 aromatic rings. The Bertz CT molecular complexity index is 838. The van der Waals surface area contributed by atoms with Gasteiger partial charge in [0.15, 0.2) is 18.2 Å². The minimum Gasteiger partial charge on any atom is -0.493 e. The van der Waals surface area contributed by atoms with Gasteiger partial charge < -0.3 is 18.9 Å². The van der Waals surface area contributed by atoms with Crippen molar-refractivity contribution in [1.82, 2.24) is 9.55 Å². The number of ether oxygens (including phenoxy) is 4. The van der Waals surface area contributed by atoms with E-state index in [2.05, 4.69) is 4.98 Å². The van der Waals surface area contributed by atoms with E-state index in [-0.39, 0.29) is 12.3 Å². The topological polar surface area (TPSA) is 88.9 Å². The molecule has 0 bridgehead atoms. The summed E-state index contributed by atoms with van der Waals surface area (Å²) in [4.78, 5) is 28.8. The standard InChI is InChI=1S/C18H24N2O6/c1-18(2,3)17(22)26-11-20-10-19-13-9-15(25-7-6-23-4)14(24-5)8-12(13)16(20)21/h8-10H,6-7,11H2,1-5H3. The molecule has 0 fully saturated rings. The van der Waals surface area contributed by atoms with E-state index < -0.39 is 11.4 Å². The first-order chi connectivity index (χ1) is 12.3. The van der Waals surface area contributed by atoms with Crippen LogP contribution in [0.4, 0.5) is 0 Å². The van der Waals surface area contributed by atoms with Crippen LogP contribution in [-0.2, 0) is 21.0 Å². The summed E-state index contributed by atoms with van der Waals surface area (Å²) in [6.07, 6.45) is 1.34. The Balaban J connectivity index is 2.31. The van der Waals surface area contributed by atoms with Crippen LogP contribution >= 0.6 is 0 Å². The van der Waals surface area contributed by atoms with Crippen LogP contribution in [-0.4, -0.2) is 43.0 Å². The van der Waals surface area contributed by atoms with E-state index in [1.807, 2.05) is 0 Å². The lowest BCUT2D eigenvalue weighted by atomic mass is 9.98. The van der Waals surface area contributed by atoms with Crippen molar-refractivity contribution in [2.24, 2.45) is 5.41 Å². The molecule has 0 N–H and O–H groups in total. The van der Waals surface area contributed by atoms with Crippen molar-refractivity contribution in [3.05, 3.63) is 28.8 Å². The van der Waals surface area contributed by atoms with Crippen LogP contribution in [0.3, 0.4) is 0 Å². The Morgan fingerprint density at radius 2 is 1.88 bits per heavy atom. The van der Waals surface area contributed by atoms with Gasteiger partial charge in [-0.1, -0.05) is 0 Å². The first kappa shape index (κ1) is 19.7. The number of hydrogen-bond acceptors (Lipinski definition) is 7. The molecule has 0 saturated heterocycles. The van der Waals surface area contributed by atoms with Crippen molar-refractivity contribution >= 4 is 16.9 Å². The second kappa shape index (κ2) is 8.18. The lowest BCUT2D eigenvalue weighted by Gasteiger charge is -2.17. The Morgan fingerprint density at radius 3 is 2.50 bits per heavy atom. The van der Waals surface area contributed by atoms with Crippen LogP contribution in [0.1, 0.15) is 20.8 Å². The maximum Gasteiger partial charge on any atom is 0.312 e. The fraction of sp³-hybridized carbons (Fsp3) is 0.500. The quantitative estimate of drug-likeness (QED) is 0.548. The summed E-state index contributed by atoms with van der Waals surface area (Å²) in [5, 5.41) is 0.343. The number of rotatable bonds is 7. The van der Waals surface area contributed by atoms with Gasteiger partial charge in [0.05, 0.1) is 30.0 Å². The summed E-state index contributed by atoms with van der Waals surface area (Å²) in [5.41, 5.74) is -0.522. The van der Waals surface area contributed by atoms with E-state index >= 15 is 0 Å². The number of benzene rings is 1. The summed E-state index contributed by atoms with van der Waals surface area (Å²) in [6.45, 7) is 5.80. The van der Waals surface area contributed by atoms with Gasteiger partial charge in [-0.05, 0) is 26.8 Å². The molecule has 0 amide bonds. The minimum absolute atomic E-state index is 0.202. The first-order valence-electron chi connectivity index (χ1n) is 8.14. The van der Waals surface area contributed by atoms with Gasteiger partial charge in [-0.15, -0.1) is 0 Å². The van der Waals surface area contributed by atoms with Crippen LogP contribution in [0.5, 0.6) is 11.5 Å². The van der Waals surface area contributed by atoms with Gasteiger partial charge in [-0.3, -0.25) is 14.2 Å². The van der Waals surface area contributed by atoms with E-state index in [1.54, 1.807) is 40.0 Å². The summed E-state index contributed by atoms with van der Waals surface area (Å²) in [5.74, 6) is 0.488. The normalized spacial score (nSPS) is 11.4. The van der Waals surface area contributed by atoms with Crippen LogP contribution in [0.15, 0.2) is 23.3 Å². The zero-order chi connectivity index (χ0) is 19.3. The fourth-order valence-electron chi connectivity index (χ4n) is 2.11. The first-order valence-corrected chi connectivity index (χ1v) is 8.14. The number of esters is 1. The molecule has 142 valence electrons. The van der Waals surface area contributed by atoms with Gasteiger partial charge in [-0.25, -0.2) is 4.98 Å². The maximum atomic E-state index is 12.6. The highest BCUT2D eigenvalue weighted by Gasteiger charge is 2.23. The monoisotopic (exact) mass is 364 g/mol. The fourth-order valence-corrected chi connectivity index (χ4v) is 2.11. The smallest absolute Gasteiger partial charge is 0.312 e. The second-order valence-corrected chi connectivity index (χ2v) is 6.69. The zero-order valence-electron chi connectivity index (χ0n) is 15.7. The molecule has 1 heterocycles. The highest BCUT2D eigenvalue weighted by molar-refractivity contribution is 5.81. The third-order valence-electron chi connectivity index (χ3n) is 3.60.